The second-order valence-corrected chi connectivity index (χ2v) is 4.99. The first kappa shape index (κ1) is 10.0. The second-order valence-electron chi connectivity index (χ2n) is 4.08. The molecule has 2 nitrogen and oxygen atoms in total. The number of benzene rings is 1. The van der Waals surface area contributed by atoms with Crippen molar-refractivity contribution in [3.8, 4) is 5.69 Å². The van der Waals surface area contributed by atoms with Gasteiger partial charge in [0.25, 0.3) is 0 Å². The highest BCUT2D eigenvalue weighted by molar-refractivity contribution is 9.10. The van der Waals surface area contributed by atoms with E-state index in [0.717, 1.165) is 10.2 Å². The van der Waals surface area contributed by atoms with Crippen LogP contribution in [0.1, 0.15) is 24.5 Å². The predicted octanol–water partition coefficient (Wildman–Crippen LogP) is 3.65. The quantitative estimate of drug-likeness (QED) is 0.821. The first-order chi connectivity index (χ1) is 7.74. The largest absolute Gasteiger partial charge is 0.303 e. The van der Waals surface area contributed by atoms with E-state index in [-0.39, 0.29) is 5.82 Å². The van der Waals surface area contributed by atoms with Gasteiger partial charge in [-0.3, -0.25) is 0 Å². The van der Waals surface area contributed by atoms with Gasteiger partial charge in [-0.25, -0.2) is 9.37 Å². The molecule has 0 aliphatic heterocycles. The minimum Gasteiger partial charge on any atom is -0.303 e. The third-order valence-electron chi connectivity index (χ3n) is 2.79. The molecule has 0 atom stereocenters. The summed E-state index contributed by atoms with van der Waals surface area (Å²) in [7, 11) is 0. The van der Waals surface area contributed by atoms with Crippen molar-refractivity contribution in [2.75, 3.05) is 0 Å². The molecule has 1 saturated carbocycles. The van der Waals surface area contributed by atoms with Crippen molar-refractivity contribution in [1.82, 2.24) is 9.55 Å². The monoisotopic (exact) mass is 280 g/mol. The molecule has 0 amide bonds. The van der Waals surface area contributed by atoms with Crippen molar-refractivity contribution in [1.29, 1.82) is 0 Å². The van der Waals surface area contributed by atoms with Gasteiger partial charge in [0.05, 0.1) is 17.7 Å². The third-order valence-corrected chi connectivity index (χ3v) is 3.28. The van der Waals surface area contributed by atoms with Crippen molar-refractivity contribution in [2.45, 2.75) is 18.8 Å². The first-order valence-corrected chi connectivity index (χ1v) is 6.02. The van der Waals surface area contributed by atoms with Gasteiger partial charge in [0, 0.05) is 16.6 Å². The molecular weight excluding hydrogens is 271 g/mol. The molecule has 1 fully saturated rings. The van der Waals surface area contributed by atoms with Gasteiger partial charge in [0.2, 0.25) is 0 Å². The molecule has 82 valence electrons. The Bertz CT molecular complexity index is 532. The van der Waals surface area contributed by atoms with Crippen LogP contribution in [-0.2, 0) is 0 Å². The Morgan fingerprint density at radius 1 is 1.38 bits per heavy atom. The van der Waals surface area contributed by atoms with E-state index in [1.54, 1.807) is 17.0 Å². The fourth-order valence-corrected chi connectivity index (χ4v) is 2.08. The molecule has 16 heavy (non-hydrogen) atoms. The topological polar surface area (TPSA) is 17.8 Å². The van der Waals surface area contributed by atoms with Crippen molar-refractivity contribution in [3.05, 3.63) is 46.7 Å². The van der Waals surface area contributed by atoms with Gasteiger partial charge in [-0.2, -0.15) is 0 Å². The molecule has 0 unspecified atom stereocenters. The Morgan fingerprint density at radius 2 is 2.19 bits per heavy atom. The molecule has 1 heterocycles. The van der Waals surface area contributed by atoms with Gasteiger partial charge in [0.15, 0.2) is 0 Å². The Kier molecular flexibility index (Phi) is 2.32. The zero-order valence-corrected chi connectivity index (χ0v) is 10.1. The fraction of sp³-hybridized carbons (Fsp3) is 0.250. The first-order valence-electron chi connectivity index (χ1n) is 5.23. The molecule has 1 aliphatic carbocycles. The lowest BCUT2D eigenvalue weighted by molar-refractivity contribution is 0.617. The van der Waals surface area contributed by atoms with Crippen LogP contribution in [0, 0.1) is 5.82 Å². The van der Waals surface area contributed by atoms with Gasteiger partial charge in [0.1, 0.15) is 5.82 Å². The van der Waals surface area contributed by atoms with Crippen molar-refractivity contribution < 1.29 is 4.39 Å². The number of rotatable bonds is 2. The van der Waals surface area contributed by atoms with Crippen LogP contribution in [0.25, 0.3) is 5.69 Å². The van der Waals surface area contributed by atoms with Gasteiger partial charge in [-0.05, 0) is 31.0 Å². The van der Waals surface area contributed by atoms with E-state index in [1.807, 2.05) is 12.3 Å². The Morgan fingerprint density at radius 3 is 2.88 bits per heavy atom. The minimum absolute atomic E-state index is 0.242. The molecule has 0 bridgehead atoms. The van der Waals surface area contributed by atoms with Crippen molar-refractivity contribution in [2.24, 2.45) is 0 Å². The lowest BCUT2D eigenvalue weighted by Crippen LogP contribution is -1.94. The van der Waals surface area contributed by atoms with Gasteiger partial charge in [-0.15, -0.1) is 0 Å². The maximum absolute atomic E-state index is 13.7. The molecule has 0 saturated heterocycles. The summed E-state index contributed by atoms with van der Waals surface area (Å²) in [6, 6.07) is 5.04. The number of imidazole rings is 1. The number of aromatic nitrogens is 2. The molecule has 1 aliphatic rings. The molecule has 3 rings (SSSR count). The zero-order chi connectivity index (χ0) is 11.1. The average Bonchev–Trinajstić information content (AvgIpc) is 2.98. The van der Waals surface area contributed by atoms with E-state index >= 15 is 0 Å². The molecule has 1 aromatic heterocycles. The van der Waals surface area contributed by atoms with Crippen LogP contribution in [0.2, 0.25) is 0 Å². The van der Waals surface area contributed by atoms with Crippen molar-refractivity contribution in [3.63, 3.8) is 0 Å². The van der Waals surface area contributed by atoms with E-state index in [0.29, 0.717) is 11.6 Å². The summed E-state index contributed by atoms with van der Waals surface area (Å²) in [6.45, 7) is 0. The normalized spacial score (nSPS) is 15.4. The summed E-state index contributed by atoms with van der Waals surface area (Å²) in [5.74, 6) is 0.355. The highest BCUT2D eigenvalue weighted by Gasteiger charge is 2.25. The van der Waals surface area contributed by atoms with E-state index in [2.05, 4.69) is 20.9 Å². The Balaban J connectivity index is 2.00. The second kappa shape index (κ2) is 3.70. The standard InChI is InChI=1S/C12H10BrFN2/c13-9-3-4-12(10(14)5-9)16-6-11(15-7-16)8-1-2-8/h3-8H,1-2H2. The summed E-state index contributed by atoms with van der Waals surface area (Å²) in [4.78, 5) is 4.30. The van der Waals surface area contributed by atoms with E-state index in [4.69, 9.17) is 0 Å². The maximum atomic E-state index is 13.7. The summed E-state index contributed by atoms with van der Waals surface area (Å²) in [5.41, 5.74) is 1.62. The third kappa shape index (κ3) is 1.78. The molecule has 0 spiro atoms. The molecule has 0 radical (unpaired) electrons. The van der Waals surface area contributed by atoms with Gasteiger partial charge < -0.3 is 4.57 Å². The summed E-state index contributed by atoms with van der Waals surface area (Å²) >= 11 is 3.24. The van der Waals surface area contributed by atoms with Gasteiger partial charge in [-0.1, -0.05) is 15.9 Å². The van der Waals surface area contributed by atoms with E-state index in [9.17, 15) is 4.39 Å². The summed E-state index contributed by atoms with van der Waals surface area (Å²) in [6.07, 6.45) is 6.02. The van der Waals surface area contributed by atoms with E-state index < -0.39 is 0 Å². The van der Waals surface area contributed by atoms with Crippen LogP contribution in [0.5, 0.6) is 0 Å². The summed E-state index contributed by atoms with van der Waals surface area (Å²) in [5, 5.41) is 0. The summed E-state index contributed by atoms with van der Waals surface area (Å²) < 4.78 is 16.2. The van der Waals surface area contributed by atoms with Crippen LogP contribution < -0.4 is 0 Å². The number of nitrogens with zero attached hydrogens (tertiary/aromatic N) is 2. The SMILES string of the molecule is Fc1cc(Br)ccc1-n1cnc(C2CC2)c1. The lowest BCUT2D eigenvalue weighted by atomic mass is 10.3. The Hall–Kier alpha value is -1.16. The fourth-order valence-electron chi connectivity index (χ4n) is 1.75. The van der Waals surface area contributed by atoms with Crippen LogP contribution in [-0.4, -0.2) is 9.55 Å². The van der Waals surface area contributed by atoms with Crippen LogP contribution in [0.15, 0.2) is 35.2 Å². The average molecular weight is 281 g/mol. The van der Waals surface area contributed by atoms with Crippen LogP contribution in [0.3, 0.4) is 0 Å². The predicted molar refractivity (Wildman–Crippen MR) is 63.2 cm³/mol. The molecule has 1 aromatic carbocycles. The molecular formula is C12H10BrFN2. The van der Waals surface area contributed by atoms with Crippen LogP contribution in [0.4, 0.5) is 4.39 Å². The van der Waals surface area contributed by atoms with E-state index in [1.165, 1.54) is 18.9 Å². The maximum Gasteiger partial charge on any atom is 0.148 e. The Labute approximate surface area is 101 Å². The van der Waals surface area contributed by atoms with Crippen molar-refractivity contribution >= 4 is 15.9 Å². The lowest BCUT2D eigenvalue weighted by Gasteiger charge is -2.03. The molecule has 0 N–H and O–H groups in total. The van der Waals surface area contributed by atoms with Gasteiger partial charge >= 0.3 is 0 Å². The van der Waals surface area contributed by atoms with Crippen LogP contribution >= 0.6 is 15.9 Å². The number of hydrogen-bond donors (Lipinski definition) is 0. The number of halogens is 2. The molecule has 2 aromatic rings. The highest BCUT2D eigenvalue weighted by Crippen LogP contribution is 2.39. The number of hydrogen-bond acceptors (Lipinski definition) is 1. The zero-order valence-electron chi connectivity index (χ0n) is 8.53. The minimum atomic E-state index is -0.242. The highest BCUT2D eigenvalue weighted by atomic mass is 79.9. The smallest absolute Gasteiger partial charge is 0.148 e. The molecule has 4 heteroatoms.